The molecule has 1 aromatic rings. The SMILES string of the molecule is CCCC1CCN(CC(O)c2ccc(OC)c(OC)c2)C1. The van der Waals surface area contributed by atoms with Gasteiger partial charge in [0.15, 0.2) is 11.5 Å². The second-order valence-corrected chi connectivity index (χ2v) is 5.83. The first-order chi connectivity index (χ1) is 10.2. The zero-order valence-corrected chi connectivity index (χ0v) is 13.3. The van der Waals surface area contributed by atoms with Gasteiger partial charge >= 0.3 is 0 Å². The van der Waals surface area contributed by atoms with Gasteiger partial charge in [0, 0.05) is 13.1 Å². The summed E-state index contributed by atoms with van der Waals surface area (Å²) in [6.45, 7) is 5.13. The fourth-order valence-corrected chi connectivity index (χ4v) is 3.13. The maximum atomic E-state index is 10.4. The van der Waals surface area contributed by atoms with Gasteiger partial charge < -0.3 is 19.5 Å². The lowest BCUT2D eigenvalue weighted by Gasteiger charge is -2.21. The van der Waals surface area contributed by atoms with Gasteiger partial charge in [-0.05, 0) is 43.0 Å². The van der Waals surface area contributed by atoms with E-state index >= 15 is 0 Å². The van der Waals surface area contributed by atoms with Crippen LogP contribution in [0.2, 0.25) is 0 Å². The number of hydrogen-bond donors (Lipinski definition) is 1. The Morgan fingerprint density at radius 1 is 1.29 bits per heavy atom. The van der Waals surface area contributed by atoms with E-state index in [0.717, 1.165) is 24.6 Å². The third-order valence-electron chi connectivity index (χ3n) is 4.29. The molecule has 0 spiro atoms. The fraction of sp³-hybridized carbons (Fsp3) is 0.647. The first kappa shape index (κ1) is 16.1. The fourth-order valence-electron chi connectivity index (χ4n) is 3.13. The zero-order chi connectivity index (χ0) is 15.2. The minimum atomic E-state index is -0.481. The molecular formula is C17H27NO3. The van der Waals surface area contributed by atoms with Crippen molar-refractivity contribution in [2.45, 2.75) is 32.3 Å². The highest BCUT2D eigenvalue weighted by atomic mass is 16.5. The van der Waals surface area contributed by atoms with Crippen molar-refractivity contribution in [2.24, 2.45) is 5.92 Å². The first-order valence-electron chi connectivity index (χ1n) is 7.80. The van der Waals surface area contributed by atoms with Crippen LogP contribution >= 0.6 is 0 Å². The predicted octanol–water partition coefficient (Wildman–Crippen LogP) is 2.86. The highest BCUT2D eigenvalue weighted by molar-refractivity contribution is 5.43. The molecule has 2 atom stereocenters. The van der Waals surface area contributed by atoms with Crippen molar-refractivity contribution in [1.82, 2.24) is 4.90 Å². The molecular weight excluding hydrogens is 266 g/mol. The van der Waals surface area contributed by atoms with Crippen molar-refractivity contribution in [2.75, 3.05) is 33.9 Å². The molecule has 0 aromatic heterocycles. The number of β-amino-alcohol motifs (C(OH)–C–C–N with tert-alkyl or cyclic N) is 1. The van der Waals surface area contributed by atoms with Crippen LogP contribution in [0.4, 0.5) is 0 Å². The molecule has 0 amide bonds. The Bertz CT molecular complexity index is 450. The number of nitrogens with zero attached hydrogens (tertiary/aromatic N) is 1. The van der Waals surface area contributed by atoms with Crippen molar-refractivity contribution >= 4 is 0 Å². The Balaban J connectivity index is 1.96. The Morgan fingerprint density at radius 3 is 2.71 bits per heavy atom. The lowest BCUT2D eigenvalue weighted by Crippen LogP contribution is -2.26. The summed E-state index contributed by atoms with van der Waals surface area (Å²) in [6.07, 6.45) is 3.32. The summed E-state index contributed by atoms with van der Waals surface area (Å²) in [6, 6.07) is 5.62. The van der Waals surface area contributed by atoms with Crippen molar-refractivity contribution < 1.29 is 14.6 Å². The molecule has 1 aliphatic rings. The molecule has 2 rings (SSSR count). The normalized spacial score (nSPS) is 20.5. The lowest BCUT2D eigenvalue weighted by atomic mass is 10.0. The number of benzene rings is 1. The van der Waals surface area contributed by atoms with Gasteiger partial charge in [0.25, 0.3) is 0 Å². The molecule has 1 aromatic carbocycles. The van der Waals surface area contributed by atoms with Crippen LogP contribution in [0.25, 0.3) is 0 Å². The van der Waals surface area contributed by atoms with E-state index in [1.165, 1.54) is 19.3 Å². The Hall–Kier alpha value is -1.26. The molecule has 118 valence electrons. The van der Waals surface area contributed by atoms with Crippen LogP contribution in [0.1, 0.15) is 37.9 Å². The molecule has 1 N–H and O–H groups in total. The summed E-state index contributed by atoms with van der Waals surface area (Å²) in [5.74, 6) is 2.16. The number of aliphatic hydroxyl groups is 1. The number of hydrogen-bond acceptors (Lipinski definition) is 4. The van der Waals surface area contributed by atoms with Gasteiger partial charge in [-0.1, -0.05) is 19.4 Å². The van der Waals surface area contributed by atoms with Crippen LogP contribution in [0.5, 0.6) is 11.5 Å². The monoisotopic (exact) mass is 293 g/mol. The van der Waals surface area contributed by atoms with Crippen LogP contribution in [0, 0.1) is 5.92 Å². The molecule has 2 unspecified atom stereocenters. The van der Waals surface area contributed by atoms with E-state index in [1.807, 2.05) is 18.2 Å². The maximum Gasteiger partial charge on any atom is 0.161 e. The average Bonchev–Trinajstić information content (AvgIpc) is 2.94. The lowest BCUT2D eigenvalue weighted by molar-refractivity contribution is 0.123. The third-order valence-corrected chi connectivity index (χ3v) is 4.29. The van der Waals surface area contributed by atoms with Gasteiger partial charge in [0.1, 0.15) is 0 Å². The smallest absolute Gasteiger partial charge is 0.161 e. The largest absolute Gasteiger partial charge is 0.493 e. The third kappa shape index (κ3) is 4.11. The summed E-state index contributed by atoms with van der Waals surface area (Å²) in [4.78, 5) is 2.36. The van der Waals surface area contributed by atoms with E-state index < -0.39 is 6.10 Å². The number of ether oxygens (including phenoxy) is 2. The number of rotatable bonds is 7. The Morgan fingerprint density at radius 2 is 2.05 bits per heavy atom. The van der Waals surface area contributed by atoms with E-state index in [4.69, 9.17) is 9.47 Å². The minimum Gasteiger partial charge on any atom is -0.493 e. The quantitative estimate of drug-likeness (QED) is 0.839. The van der Waals surface area contributed by atoms with Crippen molar-refractivity contribution in [3.63, 3.8) is 0 Å². The van der Waals surface area contributed by atoms with Gasteiger partial charge in [-0.25, -0.2) is 0 Å². The average molecular weight is 293 g/mol. The standard InChI is InChI=1S/C17H27NO3/c1-4-5-13-8-9-18(11-13)12-15(19)14-6-7-16(20-2)17(10-14)21-3/h6-7,10,13,15,19H,4-5,8-9,11-12H2,1-3H3. The van der Waals surface area contributed by atoms with Gasteiger partial charge in [-0.2, -0.15) is 0 Å². The number of aliphatic hydroxyl groups excluding tert-OH is 1. The zero-order valence-electron chi connectivity index (χ0n) is 13.3. The summed E-state index contributed by atoms with van der Waals surface area (Å²) in [5, 5.41) is 10.4. The summed E-state index contributed by atoms with van der Waals surface area (Å²) in [5.41, 5.74) is 0.881. The van der Waals surface area contributed by atoms with E-state index in [9.17, 15) is 5.11 Å². The van der Waals surface area contributed by atoms with Crippen molar-refractivity contribution in [1.29, 1.82) is 0 Å². The minimum absolute atomic E-state index is 0.481. The van der Waals surface area contributed by atoms with Crippen LogP contribution < -0.4 is 9.47 Å². The van der Waals surface area contributed by atoms with E-state index in [0.29, 0.717) is 18.0 Å². The van der Waals surface area contributed by atoms with Gasteiger partial charge in [-0.15, -0.1) is 0 Å². The topological polar surface area (TPSA) is 41.9 Å². The molecule has 1 fully saturated rings. The molecule has 21 heavy (non-hydrogen) atoms. The highest BCUT2D eigenvalue weighted by Crippen LogP contribution is 2.31. The molecule has 0 aliphatic carbocycles. The highest BCUT2D eigenvalue weighted by Gasteiger charge is 2.24. The van der Waals surface area contributed by atoms with Crippen LogP contribution in [0.15, 0.2) is 18.2 Å². The van der Waals surface area contributed by atoms with Crippen molar-refractivity contribution in [3.8, 4) is 11.5 Å². The van der Waals surface area contributed by atoms with E-state index in [1.54, 1.807) is 14.2 Å². The van der Waals surface area contributed by atoms with Gasteiger partial charge in [0.05, 0.1) is 20.3 Å². The molecule has 1 heterocycles. The molecule has 0 saturated carbocycles. The molecule has 4 nitrogen and oxygen atoms in total. The van der Waals surface area contributed by atoms with E-state index in [2.05, 4.69) is 11.8 Å². The Labute approximate surface area is 127 Å². The molecule has 4 heteroatoms. The second-order valence-electron chi connectivity index (χ2n) is 5.83. The number of likely N-dealkylation sites (tertiary alicyclic amines) is 1. The second kappa shape index (κ2) is 7.66. The van der Waals surface area contributed by atoms with Gasteiger partial charge in [0.2, 0.25) is 0 Å². The summed E-state index contributed by atoms with van der Waals surface area (Å²) in [7, 11) is 3.23. The molecule has 1 saturated heterocycles. The van der Waals surface area contributed by atoms with Gasteiger partial charge in [-0.3, -0.25) is 0 Å². The summed E-state index contributed by atoms with van der Waals surface area (Å²) >= 11 is 0. The van der Waals surface area contributed by atoms with E-state index in [-0.39, 0.29) is 0 Å². The molecule has 0 bridgehead atoms. The number of methoxy groups -OCH3 is 2. The van der Waals surface area contributed by atoms with Crippen LogP contribution in [0.3, 0.4) is 0 Å². The first-order valence-corrected chi connectivity index (χ1v) is 7.80. The van der Waals surface area contributed by atoms with Crippen LogP contribution in [-0.4, -0.2) is 43.9 Å². The Kier molecular flexibility index (Phi) is 5.88. The van der Waals surface area contributed by atoms with Crippen LogP contribution in [-0.2, 0) is 0 Å². The predicted molar refractivity (Wildman–Crippen MR) is 84.0 cm³/mol. The maximum absolute atomic E-state index is 10.4. The summed E-state index contributed by atoms with van der Waals surface area (Å²) < 4.78 is 10.5. The molecule has 0 radical (unpaired) electrons. The van der Waals surface area contributed by atoms with Crippen molar-refractivity contribution in [3.05, 3.63) is 23.8 Å². The molecule has 1 aliphatic heterocycles.